The van der Waals surface area contributed by atoms with Gasteiger partial charge in [0, 0.05) is 20.1 Å². The maximum absolute atomic E-state index is 13.2. The minimum atomic E-state index is -0.740. The Balaban J connectivity index is 1.86. The summed E-state index contributed by atoms with van der Waals surface area (Å²) in [5.41, 5.74) is 0.708. The van der Waals surface area contributed by atoms with Crippen molar-refractivity contribution in [2.75, 3.05) is 26.7 Å². The molecule has 0 bridgehead atoms. The topological polar surface area (TPSA) is 49.9 Å². The standard InChI is InChI=1S/C18H23FN2O3/c1-20-15(22)12-24-17(16(20)13-6-8-14(19)9-7-13)18(23)21-10-4-2-3-5-11-21/h6-9,16-17H,2-5,10-12H2,1H3/t16-,17+/m0/s1. The van der Waals surface area contributed by atoms with Crippen LogP contribution in [0.25, 0.3) is 0 Å². The zero-order chi connectivity index (χ0) is 17.1. The van der Waals surface area contributed by atoms with Gasteiger partial charge in [-0.05, 0) is 30.5 Å². The monoisotopic (exact) mass is 334 g/mol. The molecule has 1 aromatic carbocycles. The van der Waals surface area contributed by atoms with E-state index in [-0.39, 0.29) is 24.2 Å². The van der Waals surface area contributed by atoms with Crippen LogP contribution in [0.3, 0.4) is 0 Å². The van der Waals surface area contributed by atoms with Crippen LogP contribution in [0.4, 0.5) is 4.39 Å². The van der Waals surface area contributed by atoms with E-state index in [1.54, 1.807) is 19.2 Å². The number of halogens is 1. The number of nitrogens with zero attached hydrogens (tertiary/aromatic N) is 2. The van der Waals surface area contributed by atoms with Gasteiger partial charge in [-0.3, -0.25) is 9.59 Å². The SMILES string of the molecule is CN1C(=O)CO[C@@H](C(=O)N2CCCCCC2)[C@@H]1c1ccc(F)cc1. The Morgan fingerprint density at radius 2 is 1.75 bits per heavy atom. The van der Waals surface area contributed by atoms with Gasteiger partial charge in [-0.15, -0.1) is 0 Å². The molecule has 0 radical (unpaired) electrons. The summed E-state index contributed by atoms with van der Waals surface area (Å²) in [7, 11) is 1.67. The minimum Gasteiger partial charge on any atom is -0.356 e. The van der Waals surface area contributed by atoms with Crippen molar-refractivity contribution in [2.45, 2.75) is 37.8 Å². The number of morpholine rings is 1. The normalized spacial score (nSPS) is 25.5. The van der Waals surface area contributed by atoms with E-state index in [9.17, 15) is 14.0 Å². The van der Waals surface area contributed by atoms with Crippen LogP contribution in [0.2, 0.25) is 0 Å². The van der Waals surface area contributed by atoms with Gasteiger partial charge in [0.2, 0.25) is 5.91 Å². The lowest BCUT2D eigenvalue weighted by atomic mass is 9.97. The maximum atomic E-state index is 13.2. The first-order valence-corrected chi connectivity index (χ1v) is 8.49. The molecule has 0 unspecified atom stereocenters. The average Bonchev–Trinajstić information content (AvgIpc) is 2.87. The molecule has 0 aromatic heterocycles. The molecule has 24 heavy (non-hydrogen) atoms. The number of carbonyl (C=O) groups excluding carboxylic acids is 2. The lowest BCUT2D eigenvalue weighted by Gasteiger charge is -2.40. The van der Waals surface area contributed by atoms with Crippen LogP contribution in [0, 0.1) is 5.82 Å². The van der Waals surface area contributed by atoms with Crippen LogP contribution in [0.1, 0.15) is 37.3 Å². The molecule has 3 rings (SSSR count). The van der Waals surface area contributed by atoms with Crippen molar-refractivity contribution >= 4 is 11.8 Å². The van der Waals surface area contributed by atoms with Gasteiger partial charge in [-0.2, -0.15) is 0 Å². The third-order valence-corrected chi connectivity index (χ3v) is 4.86. The van der Waals surface area contributed by atoms with Gasteiger partial charge in [0.15, 0.2) is 6.10 Å². The van der Waals surface area contributed by atoms with E-state index in [1.165, 1.54) is 17.0 Å². The van der Waals surface area contributed by atoms with Crippen molar-refractivity contribution in [1.82, 2.24) is 9.80 Å². The fourth-order valence-electron chi connectivity index (χ4n) is 3.45. The first kappa shape index (κ1) is 16.9. The molecule has 2 amide bonds. The van der Waals surface area contributed by atoms with Crippen molar-refractivity contribution in [2.24, 2.45) is 0 Å². The molecule has 0 N–H and O–H groups in total. The lowest BCUT2D eigenvalue weighted by molar-refractivity contribution is -0.167. The van der Waals surface area contributed by atoms with Crippen molar-refractivity contribution < 1.29 is 18.7 Å². The summed E-state index contributed by atoms with van der Waals surface area (Å²) in [5, 5.41) is 0. The molecule has 1 aromatic rings. The predicted molar refractivity (Wildman–Crippen MR) is 86.7 cm³/mol. The average molecular weight is 334 g/mol. The fraction of sp³-hybridized carbons (Fsp3) is 0.556. The summed E-state index contributed by atoms with van der Waals surface area (Å²) >= 11 is 0. The Labute approximate surface area is 141 Å². The van der Waals surface area contributed by atoms with Gasteiger partial charge in [-0.1, -0.05) is 25.0 Å². The molecule has 6 heteroatoms. The van der Waals surface area contributed by atoms with Crippen molar-refractivity contribution in [3.05, 3.63) is 35.6 Å². The molecule has 5 nitrogen and oxygen atoms in total. The van der Waals surface area contributed by atoms with E-state index in [0.29, 0.717) is 5.56 Å². The summed E-state index contributed by atoms with van der Waals surface area (Å²) < 4.78 is 18.9. The fourth-order valence-corrected chi connectivity index (χ4v) is 3.45. The lowest BCUT2D eigenvalue weighted by Crippen LogP contribution is -2.54. The van der Waals surface area contributed by atoms with E-state index in [1.807, 2.05) is 4.90 Å². The number of benzene rings is 1. The molecule has 2 atom stereocenters. The number of rotatable bonds is 2. The maximum Gasteiger partial charge on any atom is 0.254 e. The van der Waals surface area contributed by atoms with Gasteiger partial charge in [-0.25, -0.2) is 4.39 Å². The van der Waals surface area contributed by atoms with E-state index in [4.69, 9.17) is 4.74 Å². The highest BCUT2D eigenvalue weighted by atomic mass is 19.1. The van der Waals surface area contributed by atoms with Gasteiger partial charge in [0.25, 0.3) is 5.91 Å². The first-order chi connectivity index (χ1) is 11.6. The smallest absolute Gasteiger partial charge is 0.254 e. The largest absolute Gasteiger partial charge is 0.356 e. The summed E-state index contributed by atoms with van der Waals surface area (Å²) in [6.07, 6.45) is 3.52. The second kappa shape index (κ2) is 7.30. The van der Waals surface area contributed by atoms with Gasteiger partial charge in [0.05, 0.1) is 6.04 Å². The van der Waals surface area contributed by atoms with Crippen LogP contribution in [0.15, 0.2) is 24.3 Å². The number of ether oxygens (including phenoxy) is 1. The number of amides is 2. The quantitative estimate of drug-likeness (QED) is 0.832. The van der Waals surface area contributed by atoms with E-state index < -0.39 is 12.1 Å². The van der Waals surface area contributed by atoms with E-state index in [0.717, 1.165) is 38.8 Å². The highest BCUT2D eigenvalue weighted by Gasteiger charge is 2.41. The first-order valence-electron chi connectivity index (χ1n) is 8.49. The van der Waals surface area contributed by atoms with Crippen LogP contribution in [0.5, 0.6) is 0 Å². The van der Waals surface area contributed by atoms with Crippen LogP contribution in [-0.2, 0) is 14.3 Å². The molecule has 2 saturated heterocycles. The molecule has 2 heterocycles. The Bertz CT molecular complexity index is 597. The third kappa shape index (κ3) is 3.43. The Kier molecular flexibility index (Phi) is 5.14. The third-order valence-electron chi connectivity index (χ3n) is 4.86. The molecule has 0 aliphatic carbocycles. The molecular weight excluding hydrogens is 311 g/mol. The number of likely N-dealkylation sites (N-methyl/N-ethyl adjacent to an activating group) is 1. The minimum absolute atomic E-state index is 0.0782. The molecule has 2 aliphatic rings. The predicted octanol–water partition coefficient (Wildman–Crippen LogP) is 2.13. The van der Waals surface area contributed by atoms with Gasteiger partial charge >= 0.3 is 0 Å². The van der Waals surface area contributed by atoms with Crippen LogP contribution >= 0.6 is 0 Å². The summed E-state index contributed by atoms with van der Waals surface area (Å²) in [5.74, 6) is -0.602. The summed E-state index contributed by atoms with van der Waals surface area (Å²) in [6.45, 7) is 1.36. The molecular formula is C18H23FN2O3. The number of hydrogen-bond donors (Lipinski definition) is 0. The number of likely N-dealkylation sites (tertiary alicyclic amines) is 1. The Morgan fingerprint density at radius 3 is 2.38 bits per heavy atom. The second-order valence-electron chi connectivity index (χ2n) is 6.47. The van der Waals surface area contributed by atoms with E-state index in [2.05, 4.69) is 0 Å². The highest BCUT2D eigenvalue weighted by molar-refractivity contribution is 5.86. The zero-order valence-electron chi connectivity index (χ0n) is 13.9. The van der Waals surface area contributed by atoms with Crippen molar-refractivity contribution in [3.8, 4) is 0 Å². The van der Waals surface area contributed by atoms with Crippen molar-refractivity contribution in [1.29, 1.82) is 0 Å². The molecule has 0 saturated carbocycles. The second-order valence-corrected chi connectivity index (χ2v) is 6.47. The molecule has 2 fully saturated rings. The zero-order valence-corrected chi connectivity index (χ0v) is 13.9. The highest BCUT2D eigenvalue weighted by Crippen LogP contribution is 2.30. The number of hydrogen-bond acceptors (Lipinski definition) is 3. The van der Waals surface area contributed by atoms with Crippen LogP contribution < -0.4 is 0 Å². The molecule has 2 aliphatic heterocycles. The van der Waals surface area contributed by atoms with Crippen molar-refractivity contribution in [3.63, 3.8) is 0 Å². The Hall–Kier alpha value is -1.95. The molecule has 0 spiro atoms. The number of carbonyl (C=O) groups is 2. The van der Waals surface area contributed by atoms with Crippen LogP contribution in [-0.4, -0.2) is 54.5 Å². The Morgan fingerprint density at radius 1 is 1.12 bits per heavy atom. The molecule has 130 valence electrons. The van der Waals surface area contributed by atoms with Gasteiger partial charge in [0.1, 0.15) is 12.4 Å². The van der Waals surface area contributed by atoms with E-state index >= 15 is 0 Å². The van der Waals surface area contributed by atoms with Gasteiger partial charge < -0.3 is 14.5 Å². The summed E-state index contributed by atoms with van der Waals surface area (Å²) in [4.78, 5) is 28.4. The summed E-state index contributed by atoms with van der Waals surface area (Å²) in [6, 6.07) is 5.39.